The van der Waals surface area contributed by atoms with Gasteiger partial charge in [0.05, 0.1) is 4.90 Å². The highest BCUT2D eigenvalue weighted by Crippen LogP contribution is 2.25. The van der Waals surface area contributed by atoms with Crippen molar-refractivity contribution in [3.63, 3.8) is 0 Å². The molecule has 7 heteroatoms. The van der Waals surface area contributed by atoms with Gasteiger partial charge in [-0.2, -0.15) is 0 Å². The second-order valence-electron chi connectivity index (χ2n) is 4.16. The van der Waals surface area contributed by atoms with Gasteiger partial charge in [-0.15, -0.1) is 0 Å². The summed E-state index contributed by atoms with van der Waals surface area (Å²) in [6.45, 7) is 0. The van der Waals surface area contributed by atoms with E-state index in [1.165, 1.54) is 12.1 Å². The van der Waals surface area contributed by atoms with E-state index in [-0.39, 0.29) is 9.82 Å². The third kappa shape index (κ3) is 2.45. The molecule has 0 spiro atoms. The van der Waals surface area contributed by atoms with Gasteiger partial charge >= 0.3 is 0 Å². The van der Waals surface area contributed by atoms with Crippen molar-refractivity contribution < 1.29 is 13.3 Å². The maximum atomic E-state index is 11.2. The van der Waals surface area contributed by atoms with Gasteiger partial charge in [0.25, 0.3) is 0 Å². The van der Waals surface area contributed by atoms with Gasteiger partial charge in [0, 0.05) is 17.8 Å². The first-order valence-corrected chi connectivity index (χ1v) is 6.70. The van der Waals surface area contributed by atoms with E-state index in [2.05, 4.69) is 0 Å². The summed E-state index contributed by atoms with van der Waals surface area (Å²) in [5.74, 6) is 0. The molecule has 1 aromatic rings. The molecule has 1 unspecified atom stereocenters. The summed E-state index contributed by atoms with van der Waals surface area (Å²) >= 11 is 0. The SMILES string of the molecule is NS(=O)(=O)c1ccc2c(c1)CCC([N+](=O)[O-])C2. The van der Waals surface area contributed by atoms with E-state index in [0.717, 1.165) is 11.1 Å². The summed E-state index contributed by atoms with van der Waals surface area (Å²) in [5.41, 5.74) is 1.68. The van der Waals surface area contributed by atoms with Crippen molar-refractivity contribution in [2.24, 2.45) is 5.14 Å². The largest absolute Gasteiger partial charge is 0.264 e. The first-order chi connectivity index (χ1) is 7.88. The Kier molecular flexibility index (Phi) is 2.88. The molecule has 0 bridgehead atoms. The minimum Gasteiger partial charge on any atom is -0.264 e. The Balaban J connectivity index is 2.35. The van der Waals surface area contributed by atoms with Crippen LogP contribution < -0.4 is 5.14 Å². The van der Waals surface area contributed by atoms with Crippen molar-refractivity contribution in [1.29, 1.82) is 0 Å². The molecule has 0 saturated carbocycles. The molecule has 0 amide bonds. The molecule has 17 heavy (non-hydrogen) atoms. The van der Waals surface area contributed by atoms with Crippen molar-refractivity contribution in [3.8, 4) is 0 Å². The Hall–Kier alpha value is -1.47. The van der Waals surface area contributed by atoms with Gasteiger partial charge in [0.2, 0.25) is 16.1 Å². The molecule has 0 heterocycles. The zero-order valence-corrected chi connectivity index (χ0v) is 9.81. The average Bonchev–Trinajstić information content (AvgIpc) is 2.26. The van der Waals surface area contributed by atoms with Gasteiger partial charge in [-0.05, 0) is 29.7 Å². The molecule has 92 valence electrons. The standard InChI is InChI=1S/C10H12N2O4S/c11-17(15,16)10-4-2-7-5-9(12(13)14)3-1-8(7)6-10/h2,4,6,9H,1,3,5H2,(H2,11,15,16). The number of nitrogens with zero attached hydrogens (tertiary/aromatic N) is 1. The highest BCUT2D eigenvalue weighted by Gasteiger charge is 2.27. The minimum atomic E-state index is -3.70. The monoisotopic (exact) mass is 256 g/mol. The van der Waals surface area contributed by atoms with Crippen LogP contribution in [0.4, 0.5) is 0 Å². The minimum absolute atomic E-state index is 0.0656. The summed E-state index contributed by atoms with van der Waals surface area (Å²) < 4.78 is 22.3. The van der Waals surface area contributed by atoms with Crippen molar-refractivity contribution in [1.82, 2.24) is 0 Å². The molecule has 2 N–H and O–H groups in total. The number of nitrogens with two attached hydrogens (primary N) is 1. The van der Waals surface area contributed by atoms with Crippen molar-refractivity contribution in [2.75, 3.05) is 0 Å². The van der Waals surface area contributed by atoms with Gasteiger partial charge in [-0.1, -0.05) is 6.07 Å². The zero-order chi connectivity index (χ0) is 12.6. The smallest absolute Gasteiger partial charge is 0.238 e. The van der Waals surface area contributed by atoms with Crippen LogP contribution in [0.3, 0.4) is 0 Å². The molecule has 1 aromatic carbocycles. The Morgan fingerprint density at radius 3 is 2.65 bits per heavy atom. The molecule has 0 radical (unpaired) electrons. The van der Waals surface area contributed by atoms with Gasteiger partial charge in [0.1, 0.15) is 0 Å². The number of rotatable bonds is 2. The molecule has 6 nitrogen and oxygen atoms in total. The van der Waals surface area contributed by atoms with Crippen LogP contribution in [-0.2, 0) is 22.9 Å². The summed E-state index contributed by atoms with van der Waals surface area (Å²) in [4.78, 5) is 10.5. The lowest BCUT2D eigenvalue weighted by molar-refractivity contribution is -0.523. The number of sulfonamides is 1. The molecular weight excluding hydrogens is 244 g/mol. The third-order valence-corrected chi connectivity index (χ3v) is 3.92. The van der Waals surface area contributed by atoms with E-state index < -0.39 is 16.1 Å². The lowest BCUT2D eigenvalue weighted by Crippen LogP contribution is -2.27. The van der Waals surface area contributed by atoms with E-state index in [9.17, 15) is 18.5 Å². The number of hydrogen-bond acceptors (Lipinski definition) is 4. The molecule has 1 aliphatic carbocycles. The van der Waals surface area contributed by atoms with E-state index in [0.29, 0.717) is 19.3 Å². The molecule has 1 aliphatic rings. The van der Waals surface area contributed by atoms with Crippen LogP contribution in [0.5, 0.6) is 0 Å². The van der Waals surface area contributed by atoms with Crippen LogP contribution in [0.1, 0.15) is 17.5 Å². The predicted octanol–water partition coefficient (Wildman–Crippen LogP) is 0.468. The van der Waals surface area contributed by atoms with Crippen LogP contribution in [0, 0.1) is 10.1 Å². The van der Waals surface area contributed by atoms with Crippen LogP contribution in [0.15, 0.2) is 23.1 Å². The number of benzene rings is 1. The Morgan fingerprint density at radius 1 is 1.35 bits per heavy atom. The summed E-state index contributed by atoms with van der Waals surface area (Å²) in [6.07, 6.45) is 1.31. The van der Waals surface area contributed by atoms with E-state index in [4.69, 9.17) is 5.14 Å². The lowest BCUT2D eigenvalue weighted by Gasteiger charge is -2.19. The van der Waals surface area contributed by atoms with Gasteiger partial charge < -0.3 is 0 Å². The van der Waals surface area contributed by atoms with Gasteiger partial charge in [-0.25, -0.2) is 13.6 Å². The van der Waals surface area contributed by atoms with Crippen LogP contribution in [0.2, 0.25) is 0 Å². The normalized spacial score (nSPS) is 19.7. The summed E-state index contributed by atoms with van der Waals surface area (Å²) in [7, 11) is -3.70. The molecule has 0 aromatic heterocycles. The first-order valence-electron chi connectivity index (χ1n) is 5.16. The Bertz CT molecular complexity index is 568. The van der Waals surface area contributed by atoms with E-state index in [1.54, 1.807) is 6.07 Å². The fourth-order valence-corrected chi connectivity index (χ4v) is 2.63. The van der Waals surface area contributed by atoms with Gasteiger partial charge in [-0.3, -0.25) is 10.1 Å². The highest BCUT2D eigenvalue weighted by molar-refractivity contribution is 7.89. The quantitative estimate of drug-likeness (QED) is 0.613. The first kappa shape index (κ1) is 12.0. The molecule has 2 rings (SSSR count). The lowest BCUT2D eigenvalue weighted by atomic mass is 9.89. The predicted molar refractivity (Wildman–Crippen MR) is 60.6 cm³/mol. The van der Waals surface area contributed by atoms with Crippen LogP contribution in [-0.4, -0.2) is 19.4 Å². The number of fused-ring (bicyclic) bond motifs is 1. The topological polar surface area (TPSA) is 103 Å². The fourth-order valence-electron chi connectivity index (χ4n) is 2.07. The molecule has 1 atom stereocenters. The maximum absolute atomic E-state index is 11.2. The highest BCUT2D eigenvalue weighted by atomic mass is 32.2. The number of aryl methyl sites for hydroxylation is 1. The average molecular weight is 256 g/mol. The second kappa shape index (κ2) is 4.08. The maximum Gasteiger partial charge on any atom is 0.238 e. The second-order valence-corrected chi connectivity index (χ2v) is 5.72. The van der Waals surface area contributed by atoms with E-state index >= 15 is 0 Å². The summed E-state index contributed by atoms with van der Waals surface area (Å²) in [5, 5.41) is 15.7. The van der Waals surface area contributed by atoms with Crippen LogP contribution in [0.25, 0.3) is 0 Å². The molecular formula is C10H12N2O4S. The number of primary sulfonamides is 1. The molecule has 0 aliphatic heterocycles. The molecule has 0 saturated heterocycles. The third-order valence-electron chi connectivity index (χ3n) is 3.01. The van der Waals surface area contributed by atoms with Gasteiger partial charge in [0.15, 0.2) is 0 Å². The molecule has 0 fully saturated rings. The van der Waals surface area contributed by atoms with Crippen molar-refractivity contribution >= 4 is 10.0 Å². The fraction of sp³-hybridized carbons (Fsp3) is 0.400. The van der Waals surface area contributed by atoms with Crippen molar-refractivity contribution in [2.45, 2.75) is 30.2 Å². The van der Waals surface area contributed by atoms with E-state index in [1.807, 2.05) is 0 Å². The Labute approximate surface area is 98.6 Å². The van der Waals surface area contributed by atoms with Crippen molar-refractivity contribution in [3.05, 3.63) is 39.4 Å². The number of nitro groups is 1. The van der Waals surface area contributed by atoms with Crippen LogP contribution >= 0.6 is 0 Å². The summed E-state index contributed by atoms with van der Waals surface area (Å²) in [6, 6.07) is 3.96. The Morgan fingerprint density at radius 2 is 2.06 bits per heavy atom. The zero-order valence-electron chi connectivity index (χ0n) is 9.00. The number of hydrogen-bond donors (Lipinski definition) is 1.